The van der Waals surface area contributed by atoms with Crippen LogP contribution < -0.4 is 0 Å². The first-order valence-electron chi connectivity index (χ1n) is 2.27. The van der Waals surface area contributed by atoms with E-state index < -0.39 is 24.4 Å². The van der Waals surface area contributed by atoms with E-state index in [1.165, 1.54) is 0 Å². The summed E-state index contributed by atoms with van der Waals surface area (Å²) < 4.78 is 57.9. The third-order valence-electron chi connectivity index (χ3n) is 1.32. The predicted octanol–water partition coefficient (Wildman–Crippen LogP) is 2.00. The Kier molecular flexibility index (Phi) is 1.04. The molecule has 1 saturated carbocycles. The standard InChI is InChI=1S/C4H3F5/c5-2-1-3(6,7)4(2,8)9/h2H,1H2/t2-/m1/s1. The third-order valence-corrected chi connectivity index (χ3v) is 1.32. The molecule has 0 aliphatic heterocycles. The number of halogens is 5. The molecular formula is C4H3F5. The highest BCUT2D eigenvalue weighted by molar-refractivity contribution is 5.03. The fraction of sp³-hybridized carbons (Fsp3) is 1.00. The minimum atomic E-state index is -4.42. The Bertz CT molecular complexity index is 129. The first-order valence-corrected chi connectivity index (χ1v) is 2.27. The lowest BCUT2D eigenvalue weighted by molar-refractivity contribution is -0.313. The summed E-state index contributed by atoms with van der Waals surface area (Å²) in [6, 6.07) is 0. The van der Waals surface area contributed by atoms with Gasteiger partial charge in [0.25, 0.3) is 0 Å². The Morgan fingerprint density at radius 1 is 1.11 bits per heavy atom. The first kappa shape index (κ1) is 6.77. The van der Waals surface area contributed by atoms with E-state index >= 15 is 0 Å². The van der Waals surface area contributed by atoms with Gasteiger partial charge in [-0.1, -0.05) is 0 Å². The molecule has 1 aliphatic carbocycles. The van der Waals surface area contributed by atoms with Gasteiger partial charge in [0, 0.05) is 0 Å². The zero-order valence-electron chi connectivity index (χ0n) is 4.17. The zero-order chi connectivity index (χ0) is 7.28. The minimum Gasteiger partial charge on any atom is -0.240 e. The molecule has 1 rings (SSSR count). The maximum absolute atomic E-state index is 11.6. The molecule has 1 aliphatic rings. The van der Waals surface area contributed by atoms with Crippen LogP contribution in [0.25, 0.3) is 0 Å². The van der Waals surface area contributed by atoms with E-state index in [0.717, 1.165) is 0 Å². The van der Waals surface area contributed by atoms with E-state index in [-0.39, 0.29) is 0 Å². The smallest absolute Gasteiger partial charge is 0.240 e. The maximum atomic E-state index is 11.6. The van der Waals surface area contributed by atoms with Crippen LogP contribution in [0.2, 0.25) is 0 Å². The summed E-state index contributed by atoms with van der Waals surface area (Å²) >= 11 is 0. The maximum Gasteiger partial charge on any atom is 0.340 e. The SMILES string of the molecule is F[C@@H]1CC(F)(F)C1(F)F. The van der Waals surface area contributed by atoms with E-state index in [1.54, 1.807) is 0 Å². The Morgan fingerprint density at radius 2 is 1.56 bits per heavy atom. The Labute approximate surface area is 47.7 Å². The van der Waals surface area contributed by atoms with Crippen LogP contribution in [-0.2, 0) is 0 Å². The molecule has 0 radical (unpaired) electrons. The molecule has 1 fully saturated rings. The van der Waals surface area contributed by atoms with E-state index in [1.807, 2.05) is 0 Å². The molecule has 9 heavy (non-hydrogen) atoms. The van der Waals surface area contributed by atoms with Gasteiger partial charge in [0.05, 0.1) is 6.42 Å². The van der Waals surface area contributed by atoms with Crippen LogP contribution in [-0.4, -0.2) is 18.0 Å². The van der Waals surface area contributed by atoms with Gasteiger partial charge in [-0.05, 0) is 0 Å². The second-order valence-corrected chi connectivity index (χ2v) is 2.00. The highest BCUT2D eigenvalue weighted by Crippen LogP contribution is 2.52. The number of alkyl halides is 5. The summed E-state index contributed by atoms with van der Waals surface area (Å²) in [5.74, 6) is -8.54. The van der Waals surface area contributed by atoms with Crippen molar-refractivity contribution in [1.82, 2.24) is 0 Å². The largest absolute Gasteiger partial charge is 0.340 e. The van der Waals surface area contributed by atoms with Crippen LogP contribution in [0, 0.1) is 0 Å². The highest BCUT2D eigenvalue weighted by Gasteiger charge is 2.72. The van der Waals surface area contributed by atoms with Crippen molar-refractivity contribution in [1.29, 1.82) is 0 Å². The van der Waals surface area contributed by atoms with Crippen molar-refractivity contribution in [3.63, 3.8) is 0 Å². The average molecular weight is 146 g/mol. The molecule has 1 atom stereocenters. The topological polar surface area (TPSA) is 0 Å². The normalized spacial score (nSPS) is 37.7. The van der Waals surface area contributed by atoms with Gasteiger partial charge in [0.1, 0.15) is 0 Å². The summed E-state index contributed by atoms with van der Waals surface area (Å²) in [6.45, 7) is 0. The van der Waals surface area contributed by atoms with Crippen LogP contribution in [0.15, 0.2) is 0 Å². The number of hydrogen-bond donors (Lipinski definition) is 0. The van der Waals surface area contributed by atoms with E-state index in [4.69, 9.17) is 0 Å². The second-order valence-electron chi connectivity index (χ2n) is 2.00. The number of hydrogen-bond acceptors (Lipinski definition) is 0. The van der Waals surface area contributed by atoms with Crippen molar-refractivity contribution in [2.24, 2.45) is 0 Å². The van der Waals surface area contributed by atoms with Crippen molar-refractivity contribution >= 4 is 0 Å². The van der Waals surface area contributed by atoms with Gasteiger partial charge >= 0.3 is 11.8 Å². The monoisotopic (exact) mass is 146 g/mol. The lowest BCUT2D eigenvalue weighted by Crippen LogP contribution is -2.60. The highest BCUT2D eigenvalue weighted by atomic mass is 19.3. The lowest BCUT2D eigenvalue weighted by atomic mass is 9.87. The van der Waals surface area contributed by atoms with Crippen molar-refractivity contribution < 1.29 is 22.0 Å². The molecule has 0 spiro atoms. The van der Waals surface area contributed by atoms with E-state index in [9.17, 15) is 22.0 Å². The molecule has 0 nitrogen and oxygen atoms in total. The molecule has 54 valence electrons. The molecule has 0 aromatic heterocycles. The molecule has 5 heteroatoms. The summed E-state index contributed by atoms with van der Waals surface area (Å²) in [5, 5.41) is 0. The van der Waals surface area contributed by atoms with Gasteiger partial charge in [0.2, 0.25) is 0 Å². The van der Waals surface area contributed by atoms with E-state index in [2.05, 4.69) is 0 Å². The number of rotatable bonds is 0. The fourth-order valence-corrected chi connectivity index (χ4v) is 0.587. The van der Waals surface area contributed by atoms with Gasteiger partial charge in [-0.3, -0.25) is 0 Å². The third kappa shape index (κ3) is 0.632. The summed E-state index contributed by atoms with van der Waals surface area (Å²) in [5.41, 5.74) is 0. The molecule has 0 aromatic carbocycles. The van der Waals surface area contributed by atoms with Crippen molar-refractivity contribution in [2.75, 3.05) is 0 Å². The first-order chi connectivity index (χ1) is 3.88. The average Bonchev–Trinajstić information content (AvgIpc) is 1.65. The molecule has 0 saturated heterocycles. The van der Waals surface area contributed by atoms with Crippen LogP contribution in [0.5, 0.6) is 0 Å². The Balaban J connectivity index is 2.70. The van der Waals surface area contributed by atoms with Gasteiger partial charge in [-0.25, -0.2) is 4.39 Å². The van der Waals surface area contributed by atoms with Crippen molar-refractivity contribution in [3.05, 3.63) is 0 Å². The molecule has 0 amide bonds. The Morgan fingerprint density at radius 3 is 1.56 bits per heavy atom. The molecule has 0 N–H and O–H groups in total. The Hall–Kier alpha value is -0.350. The summed E-state index contributed by atoms with van der Waals surface area (Å²) in [6.07, 6.45) is -4.01. The fourth-order valence-electron chi connectivity index (χ4n) is 0.587. The van der Waals surface area contributed by atoms with Gasteiger partial charge in [-0.15, -0.1) is 0 Å². The predicted molar refractivity (Wildman–Crippen MR) is 19.4 cm³/mol. The van der Waals surface area contributed by atoms with Crippen molar-refractivity contribution in [3.8, 4) is 0 Å². The zero-order valence-corrected chi connectivity index (χ0v) is 4.17. The van der Waals surface area contributed by atoms with Crippen LogP contribution in [0.1, 0.15) is 6.42 Å². The molecule has 0 bridgehead atoms. The van der Waals surface area contributed by atoms with E-state index in [0.29, 0.717) is 0 Å². The lowest BCUT2D eigenvalue weighted by Gasteiger charge is -2.38. The van der Waals surface area contributed by atoms with Crippen molar-refractivity contribution in [2.45, 2.75) is 24.4 Å². The minimum absolute atomic E-state index is 1.35. The quantitative estimate of drug-likeness (QED) is 0.458. The van der Waals surface area contributed by atoms with Crippen LogP contribution in [0.3, 0.4) is 0 Å². The van der Waals surface area contributed by atoms with Gasteiger partial charge in [0.15, 0.2) is 6.17 Å². The molecule has 0 unspecified atom stereocenters. The second kappa shape index (κ2) is 1.38. The van der Waals surface area contributed by atoms with Gasteiger partial charge in [-0.2, -0.15) is 17.6 Å². The van der Waals surface area contributed by atoms with Crippen LogP contribution in [0.4, 0.5) is 22.0 Å². The molecule has 0 heterocycles. The van der Waals surface area contributed by atoms with Crippen LogP contribution >= 0.6 is 0 Å². The van der Waals surface area contributed by atoms with Gasteiger partial charge < -0.3 is 0 Å². The molecular weight excluding hydrogens is 143 g/mol. The molecule has 0 aromatic rings. The summed E-state index contributed by atoms with van der Waals surface area (Å²) in [7, 11) is 0. The summed E-state index contributed by atoms with van der Waals surface area (Å²) in [4.78, 5) is 0.